The van der Waals surface area contributed by atoms with Crippen molar-refractivity contribution in [2.45, 2.75) is 354 Å². The molecule has 0 aliphatic rings. The summed E-state index contributed by atoms with van der Waals surface area (Å²) in [6, 6.07) is 0. The topological polar surface area (TPSA) is 78.9 Å². The lowest BCUT2D eigenvalue weighted by atomic mass is 10.0. The summed E-state index contributed by atoms with van der Waals surface area (Å²) in [5.74, 6) is -0.840. The molecule has 0 N–H and O–H groups in total. The van der Waals surface area contributed by atoms with E-state index in [9.17, 15) is 14.4 Å². The average Bonchev–Trinajstić information content (AvgIpc) is 3.34. The van der Waals surface area contributed by atoms with E-state index in [1.165, 1.54) is 250 Å². The van der Waals surface area contributed by atoms with Crippen molar-refractivity contribution in [1.82, 2.24) is 0 Å². The van der Waals surface area contributed by atoms with Crippen LogP contribution in [0.5, 0.6) is 0 Å². The monoisotopic (exact) mass is 959 g/mol. The summed E-state index contributed by atoms with van der Waals surface area (Å²) in [6.45, 7) is 6.70. The van der Waals surface area contributed by atoms with Gasteiger partial charge in [0.2, 0.25) is 0 Å². The second kappa shape index (κ2) is 57.7. The molecule has 1 unspecified atom stereocenters. The Balaban J connectivity index is 4.31. The lowest BCUT2D eigenvalue weighted by Gasteiger charge is -2.18. The molecular weight excluding hydrogens is 841 g/mol. The van der Waals surface area contributed by atoms with E-state index in [0.717, 1.165) is 57.8 Å². The number of rotatable bonds is 57. The highest BCUT2D eigenvalue weighted by Gasteiger charge is 2.19. The molecule has 68 heavy (non-hydrogen) atoms. The second-order valence-electron chi connectivity index (χ2n) is 21.0. The maximum absolute atomic E-state index is 12.9. The Bertz CT molecular complexity index is 1060. The zero-order chi connectivity index (χ0) is 49.3. The van der Waals surface area contributed by atoms with Crippen LogP contribution in [0.3, 0.4) is 0 Å². The van der Waals surface area contributed by atoms with Gasteiger partial charge >= 0.3 is 17.9 Å². The minimum Gasteiger partial charge on any atom is -0.462 e. The van der Waals surface area contributed by atoms with Crippen molar-refractivity contribution in [2.24, 2.45) is 0 Å². The van der Waals surface area contributed by atoms with Crippen molar-refractivity contribution in [3.05, 3.63) is 12.2 Å². The summed E-state index contributed by atoms with van der Waals surface area (Å²) >= 11 is 0. The van der Waals surface area contributed by atoms with Gasteiger partial charge in [0.25, 0.3) is 0 Å². The van der Waals surface area contributed by atoms with Crippen molar-refractivity contribution in [3.63, 3.8) is 0 Å². The summed E-state index contributed by atoms with van der Waals surface area (Å²) in [6.07, 6.45) is 66.3. The van der Waals surface area contributed by atoms with Gasteiger partial charge in [-0.25, -0.2) is 0 Å². The van der Waals surface area contributed by atoms with Crippen LogP contribution in [-0.2, 0) is 28.6 Å². The van der Waals surface area contributed by atoms with Gasteiger partial charge in [0, 0.05) is 19.3 Å². The average molecular weight is 960 g/mol. The van der Waals surface area contributed by atoms with Crippen LogP contribution in [0, 0.1) is 0 Å². The molecule has 0 radical (unpaired) electrons. The lowest BCUT2D eigenvalue weighted by molar-refractivity contribution is -0.167. The first-order valence-corrected chi connectivity index (χ1v) is 30.7. The van der Waals surface area contributed by atoms with Gasteiger partial charge in [-0.05, 0) is 44.9 Å². The Morgan fingerprint density at radius 1 is 0.279 bits per heavy atom. The largest absolute Gasteiger partial charge is 0.462 e. The third kappa shape index (κ3) is 55.1. The fourth-order valence-electron chi connectivity index (χ4n) is 9.38. The Morgan fingerprint density at radius 3 is 0.735 bits per heavy atom. The molecule has 0 aliphatic carbocycles. The highest BCUT2D eigenvalue weighted by Crippen LogP contribution is 2.18. The molecule has 0 heterocycles. The van der Waals surface area contributed by atoms with E-state index in [-0.39, 0.29) is 31.1 Å². The summed E-state index contributed by atoms with van der Waals surface area (Å²) in [7, 11) is 0. The molecule has 6 nitrogen and oxygen atoms in total. The van der Waals surface area contributed by atoms with Crippen molar-refractivity contribution >= 4 is 17.9 Å². The zero-order valence-electron chi connectivity index (χ0n) is 46.2. The van der Waals surface area contributed by atoms with Crippen LogP contribution in [0.25, 0.3) is 0 Å². The number of carbonyl (C=O) groups is 3. The van der Waals surface area contributed by atoms with Gasteiger partial charge in [-0.2, -0.15) is 0 Å². The minimum atomic E-state index is -0.766. The Kier molecular flexibility index (Phi) is 56.2. The Hall–Kier alpha value is -1.85. The number of allylic oxidation sites excluding steroid dienone is 2. The minimum absolute atomic E-state index is 0.0648. The molecule has 0 aromatic carbocycles. The summed E-state index contributed by atoms with van der Waals surface area (Å²) in [4.78, 5) is 38.2. The van der Waals surface area contributed by atoms with Crippen molar-refractivity contribution < 1.29 is 28.6 Å². The smallest absolute Gasteiger partial charge is 0.306 e. The predicted molar refractivity (Wildman–Crippen MR) is 293 cm³/mol. The molecule has 0 saturated carbocycles. The standard InChI is InChI=1S/C62H118O6/c1-4-7-10-13-16-19-22-25-28-31-34-37-40-43-46-49-52-55-61(64)67-58-59(57-66-60(63)54-51-48-45-42-39-36-33-30-27-24-21-18-15-12-9-6-3)68-62(65)56-53-50-47-44-41-38-35-32-29-26-23-20-17-14-11-8-5-2/h25,28,59H,4-24,26-27,29-58H2,1-3H3/b28-25-. The molecule has 0 bridgehead atoms. The first-order chi connectivity index (χ1) is 33.5. The summed E-state index contributed by atoms with van der Waals surface area (Å²) in [5.41, 5.74) is 0. The van der Waals surface area contributed by atoms with Gasteiger partial charge in [-0.15, -0.1) is 0 Å². The number of esters is 3. The molecule has 6 heteroatoms. The van der Waals surface area contributed by atoms with Crippen molar-refractivity contribution in [2.75, 3.05) is 13.2 Å². The normalized spacial score (nSPS) is 12.0. The molecule has 0 aromatic heterocycles. The van der Waals surface area contributed by atoms with Crippen LogP contribution in [0.4, 0.5) is 0 Å². The van der Waals surface area contributed by atoms with Crippen LogP contribution in [0.1, 0.15) is 348 Å². The van der Waals surface area contributed by atoms with Gasteiger partial charge in [-0.1, -0.05) is 296 Å². The summed E-state index contributed by atoms with van der Waals surface area (Å²) < 4.78 is 16.9. The van der Waals surface area contributed by atoms with E-state index in [0.29, 0.717) is 19.3 Å². The fourth-order valence-corrected chi connectivity index (χ4v) is 9.38. The molecule has 0 fully saturated rings. The molecule has 0 amide bonds. The maximum atomic E-state index is 12.9. The van der Waals surface area contributed by atoms with Crippen LogP contribution in [0.2, 0.25) is 0 Å². The van der Waals surface area contributed by atoms with E-state index in [1.807, 2.05) is 0 Å². The number of unbranched alkanes of at least 4 members (excludes halogenated alkanes) is 44. The van der Waals surface area contributed by atoms with Gasteiger partial charge in [-0.3, -0.25) is 14.4 Å². The maximum Gasteiger partial charge on any atom is 0.306 e. The Morgan fingerprint density at radius 2 is 0.485 bits per heavy atom. The highest BCUT2D eigenvalue weighted by molar-refractivity contribution is 5.71. The number of ether oxygens (including phenoxy) is 3. The van der Waals surface area contributed by atoms with Crippen molar-refractivity contribution in [1.29, 1.82) is 0 Å². The van der Waals surface area contributed by atoms with Crippen LogP contribution in [0.15, 0.2) is 12.2 Å². The molecule has 0 aliphatic heterocycles. The van der Waals surface area contributed by atoms with Crippen LogP contribution < -0.4 is 0 Å². The van der Waals surface area contributed by atoms with Crippen molar-refractivity contribution in [3.8, 4) is 0 Å². The molecule has 402 valence electrons. The first-order valence-electron chi connectivity index (χ1n) is 30.7. The lowest BCUT2D eigenvalue weighted by Crippen LogP contribution is -2.30. The molecule has 0 aromatic rings. The van der Waals surface area contributed by atoms with E-state index in [4.69, 9.17) is 14.2 Å². The highest BCUT2D eigenvalue weighted by atomic mass is 16.6. The van der Waals surface area contributed by atoms with Gasteiger partial charge in [0.05, 0.1) is 0 Å². The molecule has 0 rings (SSSR count). The molecular formula is C62H118O6. The van der Waals surface area contributed by atoms with E-state index in [1.54, 1.807) is 0 Å². The predicted octanol–water partition coefficient (Wildman–Crippen LogP) is 20.5. The number of hydrogen-bond acceptors (Lipinski definition) is 6. The number of carbonyl (C=O) groups excluding carboxylic acids is 3. The molecule has 0 spiro atoms. The molecule has 0 saturated heterocycles. The third-order valence-corrected chi connectivity index (χ3v) is 14.0. The quantitative estimate of drug-likeness (QED) is 0.0262. The van der Waals surface area contributed by atoms with Gasteiger partial charge in [0.15, 0.2) is 6.10 Å². The zero-order valence-corrected chi connectivity index (χ0v) is 46.2. The van der Waals surface area contributed by atoms with Gasteiger partial charge in [0.1, 0.15) is 13.2 Å². The van der Waals surface area contributed by atoms with E-state index in [2.05, 4.69) is 32.9 Å². The number of hydrogen-bond donors (Lipinski definition) is 0. The van der Waals surface area contributed by atoms with Crippen LogP contribution in [-0.4, -0.2) is 37.2 Å². The summed E-state index contributed by atoms with van der Waals surface area (Å²) in [5, 5.41) is 0. The van der Waals surface area contributed by atoms with Crippen LogP contribution >= 0.6 is 0 Å². The van der Waals surface area contributed by atoms with E-state index < -0.39 is 6.10 Å². The Labute approximate surface area is 424 Å². The molecule has 1 atom stereocenters. The first kappa shape index (κ1) is 66.2. The van der Waals surface area contributed by atoms with E-state index >= 15 is 0 Å². The van der Waals surface area contributed by atoms with Gasteiger partial charge < -0.3 is 14.2 Å². The third-order valence-electron chi connectivity index (χ3n) is 14.0. The fraction of sp³-hybridized carbons (Fsp3) is 0.919. The second-order valence-corrected chi connectivity index (χ2v) is 21.0. The SMILES string of the molecule is CCCCCCCC/C=C\CCCCCCCCCC(=O)OCC(COC(=O)CCCCCCCCCCCCCCCCCC)OC(=O)CCCCCCCCCCCCCCCCCCC.